The SMILES string of the molecule is CC(C)CCN1C(=O)c2ccccc2C[C@]1(C)C(=O)NC1CCC(C)CC1. The average molecular weight is 371 g/mol. The summed E-state index contributed by atoms with van der Waals surface area (Å²) in [6.07, 6.45) is 5.90. The van der Waals surface area contributed by atoms with E-state index in [1.807, 2.05) is 36.1 Å². The summed E-state index contributed by atoms with van der Waals surface area (Å²) in [7, 11) is 0. The number of carbonyl (C=O) groups excluding carboxylic acids is 2. The molecule has 3 rings (SSSR count). The number of nitrogens with one attached hydrogen (secondary N) is 1. The molecule has 2 aliphatic rings. The Morgan fingerprint density at radius 2 is 1.89 bits per heavy atom. The maximum Gasteiger partial charge on any atom is 0.255 e. The molecule has 1 fully saturated rings. The minimum atomic E-state index is -0.816. The van der Waals surface area contributed by atoms with E-state index in [1.165, 1.54) is 12.8 Å². The van der Waals surface area contributed by atoms with Gasteiger partial charge in [0, 0.05) is 24.6 Å². The zero-order valence-electron chi connectivity index (χ0n) is 17.3. The molecule has 0 saturated heterocycles. The predicted octanol–water partition coefficient (Wildman–Crippen LogP) is 4.18. The lowest BCUT2D eigenvalue weighted by molar-refractivity contribution is -0.132. The second-order valence-corrected chi connectivity index (χ2v) is 9.18. The lowest BCUT2D eigenvalue weighted by Crippen LogP contribution is -2.64. The fourth-order valence-electron chi connectivity index (χ4n) is 4.40. The number of hydrogen-bond donors (Lipinski definition) is 1. The Morgan fingerprint density at radius 1 is 1.22 bits per heavy atom. The van der Waals surface area contributed by atoms with Crippen LogP contribution in [0.5, 0.6) is 0 Å². The molecule has 0 unspecified atom stereocenters. The lowest BCUT2D eigenvalue weighted by atomic mass is 9.81. The molecule has 1 heterocycles. The monoisotopic (exact) mass is 370 g/mol. The Kier molecular flexibility index (Phi) is 5.92. The molecule has 2 amide bonds. The highest BCUT2D eigenvalue weighted by Gasteiger charge is 2.47. The van der Waals surface area contributed by atoms with Crippen LogP contribution in [0.25, 0.3) is 0 Å². The summed E-state index contributed by atoms with van der Waals surface area (Å²) in [6.45, 7) is 9.16. The van der Waals surface area contributed by atoms with Crippen LogP contribution < -0.4 is 5.32 Å². The van der Waals surface area contributed by atoms with Crippen molar-refractivity contribution in [1.29, 1.82) is 0 Å². The van der Waals surface area contributed by atoms with Gasteiger partial charge in [0.25, 0.3) is 5.91 Å². The van der Waals surface area contributed by atoms with Gasteiger partial charge in [0.2, 0.25) is 5.91 Å². The Bertz CT molecular complexity index is 691. The number of carbonyl (C=O) groups is 2. The largest absolute Gasteiger partial charge is 0.351 e. The molecule has 1 N–H and O–H groups in total. The third kappa shape index (κ3) is 4.20. The van der Waals surface area contributed by atoms with E-state index in [2.05, 4.69) is 26.1 Å². The second-order valence-electron chi connectivity index (χ2n) is 9.18. The van der Waals surface area contributed by atoms with Crippen molar-refractivity contribution in [2.24, 2.45) is 11.8 Å². The summed E-state index contributed by atoms with van der Waals surface area (Å²) in [6, 6.07) is 7.98. The summed E-state index contributed by atoms with van der Waals surface area (Å²) >= 11 is 0. The average Bonchev–Trinajstić information content (AvgIpc) is 2.63. The minimum Gasteiger partial charge on any atom is -0.351 e. The highest BCUT2D eigenvalue weighted by molar-refractivity contribution is 6.02. The van der Waals surface area contributed by atoms with E-state index < -0.39 is 5.54 Å². The quantitative estimate of drug-likeness (QED) is 0.845. The van der Waals surface area contributed by atoms with Gasteiger partial charge < -0.3 is 10.2 Å². The van der Waals surface area contributed by atoms with Crippen LogP contribution in [0.1, 0.15) is 75.7 Å². The van der Waals surface area contributed by atoms with Gasteiger partial charge in [-0.05, 0) is 62.5 Å². The third-order valence-electron chi connectivity index (χ3n) is 6.39. The van der Waals surface area contributed by atoms with Crippen molar-refractivity contribution >= 4 is 11.8 Å². The molecule has 1 atom stereocenters. The molecule has 1 aliphatic heterocycles. The second kappa shape index (κ2) is 8.04. The molecular weight excluding hydrogens is 336 g/mol. The first-order valence-electron chi connectivity index (χ1n) is 10.5. The van der Waals surface area contributed by atoms with Crippen LogP contribution >= 0.6 is 0 Å². The molecule has 27 heavy (non-hydrogen) atoms. The van der Waals surface area contributed by atoms with Crippen molar-refractivity contribution in [3.8, 4) is 0 Å². The molecule has 0 aromatic heterocycles. The molecular formula is C23H34N2O2. The number of fused-ring (bicyclic) bond motifs is 1. The van der Waals surface area contributed by atoms with Gasteiger partial charge in [-0.15, -0.1) is 0 Å². The lowest BCUT2D eigenvalue weighted by Gasteiger charge is -2.45. The summed E-state index contributed by atoms with van der Waals surface area (Å²) in [5.74, 6) is 1.24. The van der Waals surface area contributed by atoms with Crippen LogP contribution in [0.4, 0.5) is 0 Å². The standard InChI is InChI=1S/C23H34N2O2/c1-16(2)13-14-25-21(26)20-8-6-5-7-18(20)15-23(25,4)22(27)24-19-11-9-17(3)10-12-19/h5-8,16-17,19H,9-15H2,1-4H3,(H,24,27)/t17?,19?,23-/m1/s1. The molecule has 4 heteroatoms. The smallest absolute Gasteiger partial charge is 0.255 e. The van der Waals surface area contributed by atoms with E-state index in [1.54, 1.807) is 0 Å². The van der Waals surface area contributed by atoms with Crippen molar-refractivity contribution in [3.05, 3.63) is 35.4 Å². The van der Waals surface area contributed by atoms with Gasteiger partial charge in [0.05, 0.1) is 0 Å². The maximum atomic E-state index is 13.4. The topological polar surface area (TPSA) is 49.4 Å². The number of hydrogen-bond acceptors (Lipinski definition) is 2. The van der Waals surface area contributed by atoms with Crippen molar-refractivity contribution in [1.82, 2.24) is 10.2 Å². The van der Waals surface area contributed by atoms with Gasteiger partial charge in [0.15, 0.2) is 0 Å². The zero-order chi connectivity index (χ0) is 19.6. The summed E-state index contributed by atoms with van der Waals surface area (Å²) in [5.41, 5.74) is 0.917. The minimum absolute atomic E-state index is 0.00702. The first kappa shape index (κ1) is 19.9. The molecule has 148 valence electrons. The predicted molar refractivity (Wildman–Crippen MR) is 109 cm³/mol. The fourth-order valence-corrected chi connectivity index (χ4v) is 4.40. The first-order chi connectivity index (χ1) is 12.8. The van der Waals surface area contributed by atoms with Crippen LogP contribution in [0.3, 0.4) is 0 Å². The Hall–Kier alpha value is -1.84. The maximum absolute atomic E-state index is 13.4. The van der Waals surface area contributed by atoms with E-state index in [4.69, 9.17) is 0 Å². The van der Waals surface area contributed by atoms with E-state index in [9.17, 15) is 9.59 Å². The van der Waals surface area contributed by atoms with Crippen LogP contribution in [0.15, 0.2) is 24.3 Å². The molecule has 1 saturated carbocycles. The third-order valence-corrected chi connectivity index (χ3v) is 6.39. The summed E-state index contributed by atoms with van der Waals surface area (Å²) in [5, 5.41) is 3.29. The molecule has 4 nitrogen and oxygen atoms in total. The van der Waals surface area contributed by atoms with Crippen molar-refractivity contribution < 1.29 is 9.59 Å². The van der Waals surface area contributed by atoms with Gasteiger partial charge in [-0.25, -0.2) is 0 Å². The summed E-state index contributed by atoms with van der Waals surface area (Å²) in [4.78, 5) is 28.4. The van der Waals surface area contributed by atoms with Crippen LogP contribution in [-0.2, 0) is 11.2 Å². The Labute approximate surface area is 163 Å². The highest BCUT2D eigenvalue weighted by Crippen LogP contribution is 2.33. The number of rotatable bonds is 5. The van der Waals surface area contributed by atoms with E-state index >= 15 is 0 Å². The number of nitrogens with zero attached hydrogens (tertiary/aromatic N) is 1. The van der Waals surface area contributed by atoms with Gasteiger partial charge in [-0.2, -0.15) is 0 Å². The number of benzene rings is 1. The molecule has 0 radical (unpaired) electrons. The first-order valence-corrected chi connectivity index (χ1v) is 10.5. The van der Waals surface area contributed by atoms with Gasteiger partial charge in [-0.1, -0.05) is 39.0 Å². The molecule has 1 aromatic carbocycles. The van der Waals surface area contributed by atoms with Crippen molar-refractivity contribution in [3.63, 3.8) is 0 Å². The summed E-state index contributed by atoms with van der Waals surface area (Å²) < 4.78 is 0. The Morgan fingerprint density at radius 3 is 2.56 bits per heavy atom. The normalized spacial score (nSPS) is 28.2. The van der Waals surface area contributed by atoms with Gasteiger partial charge in [0.1, 0.15) is 5.54 Å². The molecule has 0 bridgehead atoms. The van der Waals surface area contributed by atoms with E-state index in [0.29, 0.717) is 18.9 Å². The van der Waals surface area contributed by atoms with Crippen molar-refractivity contribution in [2.45, 2.75) is 77.8 Å². The molecule has 0 spiro atoms. The number of amides is 2. The van der Waals surface area contributed by atoms with E-state index in [-0.39, 0.29) is 17.9 Å². The zero-order valence-corrected chi connectivity index (χ0v) is 17.3. The van der Waals surface area contributed by atoms with E-state index in [0.717, 1.165) is 36.3 Å². The molecule has 1 aromatic rings. The fraction of sp³-hybridized carbons (Fsp3) is 0.652. The highest BCUT2D eigenvalue weighted by atomic mass is 16.2. The Balaban J connectivity index is 1.84. The van der Waals surface area contributed by atoms with Crippen LogP contribution in [-0.4, -0.2) is 34.8 Å². The van der Waals surface area contributed by atoms with Crippen molar-refractivity contribution in [2.75, 3.05) is 6.54 Å². The van der Waals surface area contributed by atoms with Crippen LogP contribution in [0.2, 0.25) is 0 Å². The van der Waals surface area contributed by atoms with Crippen LogP contribution in [0, 0.1) is 11.8 Å². The van der Waals surface area contributed by atoms with Gasteiger partial charge in [-0.3, -0.25) is 9.59 Å². The molecule has 1 aliphatic carbocycles. The van der Waals surface area contributed by atoms with Gasteiger partial charge >= 0.3 is 0 Å².